The predicted octanol–water partition coefficient (Wildman–Crippen LogP) is 25.9. The molecule has 0 spiro atoms. The van der Waals surface area contributed by atoms with Crippen LogP contribution in [0.4, 0.5) is 0 Å². The molecule has 506 valence electrons. The molecule has 0 aromatic carbocycles. The lowest BCUT2D eigenvalue weighted by atomic mass is 10.0. The highest BCUT2D eigenvalue weighted by Gasteiger charge is 2.18. The number of unbranched alkanes of at least 4 members (excludes halogenated alkanes) is 64. The minimum Gasteiger partial charge on any atom is -0.466 e. The van der Waals surface area contributed by atoms with Gasteiger partial charge >= 0.3 is 5.97 Å². The van der Waals surface area contributed by atoms with Gasteiger partial charge in [0.2, 0.25) is 5.91 Å². The summed E-state index contributed by atoms with van der Waals surface area (Å²) in [7, 11) is 0. The van der Waals surface area contributed by atoms with Crippen LogP contribution in [-0.2, 0) is 14.3 Å². The number of nitrogens with one attached hydrogen (secondary N) is 1. The second kappa shape index (κ2) is 75.1. The SMILES string of the molecule is CCCCCCCCCCCCCCC/C=C/C(O)C(CO)NC(=O)CCCCCCCCCCCCCCCCCCCCCCCCCCCCCCCCCCCCCCCOC(=O)CCCCCCCCCCCCCCCCCC. The average Bonchev–Trinajstić information content (AvgIpc) is 3.51. The number of aliphatic hydroxyl groups excluding tert-OH is 2. The molecule has 0 heterocycles. The molecule has 0 aliphatic carbocycles. The fraction of sp³-hybridized carbons (Fsp3) is 0.949. The molecule has 1 amide bonds. The third-order valence-electron chi connectivity index (χ3n) is 18.8. The van der Waals surface area contributed by atoms with Gasteiger partial charge < -0.3 is 20.3 Å². The minimum absolute atomic E-state index is 0.0278. The van der Waals surface area contributed by atoms with Crippen LogP contribution in [0.1, 0.15) is 457 Å². The summed E-state index contributed by atoms with van der Waals surface area (Å²) in [4.78, 5) is 24.6. The number of rotatable bonds is 75. The Morgan fingerprint density at radius 1 is 0.318 bits per heavy atom. The Kier molecular flexibility index (Phi) is 73.8. The maximum Gasteiger partial charge on any atom is 0.305 e. The Morgan fingerprint density at radius 2 is 0.541 bits per heavy atom. The lowest BCUT2D eigenvalue weighted by Crippen LogP contribution is -2.45. The molecule has 2 unspecified atom stereocenters. The van der Waals surface area contributed by atoms with Crippen LogP contribution in [0, 0.1) is 0 Å². The zero-order chi connectivity index (χ0) is 61.3. The van der Waals surface area contributed by atoms with Gasteiger partial charge in [0.15, 0.2) is 0 Å². The second-order valence-corrected chi connectivity index (χ2v) is 27.4. The van der Waals surface area contributed by atoms with Crippen molar-refractivity contribution in [3.63, 3.8) is 0 Å². The molecule has 0 rings (SSSR count). The summed E-state index contributed by atoms with van der Waals surface area (Å²) in [6.07, 6.45) is 94.9. The smallest absolute Gasteiger partial charge is 0.305 e. The molecule has 0 radical (unpaired) electrons. The van der Waals surface area contributed by atoms with E-state index in [1.165, 1.54) is 392 Å². The van der Waals surface area contributed by atoms with Crippen molar-refractivity contribution >= 4 is 11.9 Å². The van der Waals surface area contributed by atoms with Crippen molar-refractivity contribution in [2.45, 2.75) is 469 Å². The van der Waals surface area contributed by atoms with Gasteiger partial charge in [-0.3, -0.25) is 9.59 Å². The number of hydrogen-bond acceptors (Lipinski definition) is 5. The molecule has 0 saturated carbocycles. The fourth-order valence-corrected chi connectivity index (χ4v) is 12.8. The van der Waals surface area contributed by atoms with Crippen LogP contribution in [0.25, 0.3) is 0 Å². The van der Waals surface area contributed by atoms with Crippen molar-refractivity contribution in [3.8, 4) is 0 Å². The first kappa shape index (κ1) is 83.6. The Balaban J connectivity index is 3.29. The molecule has 6 nitrogen and oxygen atoms in total. The van der Waals surface area contributed by atoms with E-state index in [1.54, 1.807) is 6.08 Å². The van der Waals surface area contributed by atoms with Gasteiger partial charge in [0.1, 0.15) is 0 Å². The van der Waals surface area contributed by atoms with E-state index in [9.17, 15) is 19.8 Å². The first-order chi connectivity index (χ1) is 42.0. The van der Waals surface area contributed by atoms with Crippen LogP contribution in [-0.4, -0.2) is 47.4 Å². The van der Waals surface area contributed by atoms with E-state index in [0.717, 1.165) is 38.5 Å². The highest BCUT2D eigenvalue weighted by atomic mass is 16.5. The molecule has 0 aromatic rings. The van der Waals surface area contributed by atoms with Gasteiger partial charge in [-0.2, -0.15) is 0 Å². The van der Waals surface area contributed by atoms with E-state index in [1.807, 2.05) is 6.08 Å². The molecule has 85 heavy (non-hydrogen) atoms. The molecule has 0 aliphatic heterocycles. The summed E-state index contributed by atoms with van der Waals surface area (Å²) in [6, 6.07) is -0.622. The topological polar surface area (TPSA) is 95.9 Å². The van der Waals surface area contributed by atoms with E-state index in [0.29, 0.717) is 19.4 Å². The summed E-state index contributed by atoms with van der Waals surface area (Å²) in [5.74, 6) is -0.0311. The number of carbonyl (C=O) groups is 2. The standard InChI is InChI=1S/C79H155NO5/c1-3-5-7-9-11-13-15-17-19-45-49-53-57-61-65-69-73-79(84)85-74-70-66-62-58-54-50-46-42-40-38-36-34-32-30-28-26-24-22-20-21-23-25-27-29-31-33-35-37-39-41-44-48-52-56-60-64-68-72-78(83)80-76(75-81)77(82)71-67-63-59-55-51-47-43-18-16-14-12-10-8-6-4-2/h67,71,76-77,81-82H,3-66,68-70,72-75H2,1-2H3,(H,80,83)/b71-67+. The van der Waals surface area contributed by atoms with Gasteiger partial charge in [-0.1, -0.05) is 424 Å². The van der Waals surface area contributed by atoms with Crippen molar-refractivity contribution in [1.82, 2.24) is 5.32 Å². The van der Waals surface area contributed by atoms with E-state index in [-0.39, 0.29) is 18.5 Å². The summed E-state index contributed by atoms with van der Waals surface area (Å²) in [6.45, 7) is 4.96. The lowest BCUT2D eigenvalue weighted by molar-refractivity contribution is -0.143. The van der Waals surface area contributed by atoms with Crippen molar-refractivity contribution < 1.29 is 24.5 Å². The third-order valence-corrected chi connectivity index (χ3v) is 18.8. The Hall–Kier alpha value is -1.40. The Morgan fingerprint density at radius 3 is 0.800 bits per heavy atom. The van der Waals surface area contributed by atoms with Crippen molar-refractivity contribution in [2.75, 3.05) is 13.2 Å². The highest BCUT2D eigenvalue weighted by molar-refractivity contribution is 5.76. The van der Waals surface area contributed by atoms with Crippen molar-refractivity contribution in [1.29, 1.82) is 0 Å². The maximum absolute atomic E-state index is 12.5. The van der Waals surface area contributed by atoms with Crippen LogP contribution < -0.4 is 5.32 Å². The van der Waals surface area contributed by atoms with E-state index >= 15 is 0 Å². The number of allylic oxidation sites excluding steroid dienone is 1. The summed E-state index contributed by atoms with van der Waals surface area (Å²) in [5.41, 5.74) is 0. The number of esters is 1. The number of carbonyl (C=O) groups excluding carboxylic acids is 2. The predicted molar refractivity (Wildman–Crippen MR) is 375 cm³/mol. The summed E-state index contributed by atoms with van der Waals surface area (Å²) in [5, 5.41) is 23.2. The highest BCUT2D eigenvalue weighted by Crippen LogP contribution is 2.20. The molecule has 0 aliphatic rings. The van der Waals surface area contributed by atoms with Crippen LogP contribution in [0.5, 0.6) is 0 Å². The molecule has 6 heteroatoms. The van der Waals surface area contributed by atoms with Gasteiger partial charge in [0, 0.05) is 12.8 Å². The number of amides is 1. The zero-order valence-corrected chi connectivity index (χ0v) is 58.1. The van der Waals surface area contributed by atoms with E-state index in [4.69, 9.17) is 4.74 Å². The van der Waals surface area contributed by atoms with Crippen LogP contribution in [0.3, 0.4) is 0 Å². The normalized spacial score (nSPS) is 12.5. The minimum atomic E-state index is -0.839. The van der Waals surface area contributed by atoms with Gasteiger partial charge in [-0.15, -0.1) is 0 Å². The number of aliphatic hydroxyl groups is 2. The average molecular weight is 1200 g/mol. The molecular weight excluding hydrogens is 1040 g/mol. The Bertz CT molecular complexity index is 1290. The monoisotopic (exact) mass is 1200 g/mol. The zero-order valence-electron chi connectivity index (χ0n) is 58.1. The van der Waals surface area contributed by atoms with Crippen LogP contribution in [0.2, 0.25) is 0 Å². The fourth-order valence-electron chi connectivity index (χ4n) is 12.8. The van der Waals surface area contributed by atoms with Gasteiger partial charge in [0.25, 0.3) is 0 Å². The van der Waals surface area contributed by atoms with Crippen molar-refractivity contribution in [2.24, 2.45) is 0 Å². The van der Waals surface area contributed by atoms with Crippen LogP contribution in [0.15, 0.2) is 12.2 Å². The molecular formula is C79H155NO5. The quantitative estimate of drug-likeness (QED) is 0.0320. The molecule has 0 saturated heterocycles. The van der Waals surface area contributed by atoms with Gasteiger partial charge in [0.05, 0.1) is 25.4 Å². The molecule has 0 bridgehead atoms. The van der Waals surface area contributed by atoms with Gasteiger partial charge in [-0.25, -0.2) is 0 Å². The maximum atomic E-state index is 12.5. The second-order valence-electron chi connectivity index (χ2n) is 27.4. The molecule has 3 N–H and O–H groups in total. The summed E-state index contributed by atoms with van der Waals surface area (Å²) >= 11 is 0. The first-order valence-corrected chi connectivity index (χ1v) is 39.5. The largest absolute Gasteiger partial charge is 0.466 e. The third kappa shape index (κ3) is 71.6. The van der Waals surface area contributed by atoms with E-state index < -0.39 is 12.1 Å². The van der Waals surface area contributed by atoms with Crippen LogP contribution >= 0.6 is 0 Å². The van der Waals surface area contributed by atoms with Gasteiger partial charge in [-0.05, 0) is 32.1 Å². The van der Waals surface area contributed by atoms with Crippen molar-refractivity contribution in [3.05, 3.63) is 12.2 Å². The summed E-state index contributed by atoms with van der Waals surface area (Å²) < 4.78 is 5.51. The number of ether oxygens (including phenoxy) is 1. The molecule has 0 aromatic heterocycles. The van der Waals surface area contributed by atoms with E-state index in [2.05, 4.69) is 19.2 Å². The first-order valence-electron chi connectivity index (χ1n) is 39.5. The molecule has 0 fully saturated rings. The lowest BCUT2D eigenvalue weighted by Gasteiger charge is -2.20. The Labute approximate surface area is 533 Å². The molecule has 2 atom stereocenters. The number of hydrogen-bond donors (Lipinski definition) is 3.